The van der Waals surface area contributed by atoms with Crippen LogP contribution in [-0.2, 0) is 54.3 Å². The Kier molecular flexibility index (Phi) is 18.2. The van der Waals surface area contributed by atoms with Crippen molar-refractivity contribution < 1.29 is 57.2 Å². The van der Waals surface area contributed by atoms with Crippen LogP contribution in [0.1, 0.15) is 155 Å². The van der Waals surface area contributed by atoms with Crippen molar-refractivity contribution in [1.82, 2.24) is 0 Å². The van der Waals surface area contributed by atoms with Gasteiger partial charge >= 0.3 is 30.0 Å². The molecule has 0 heterocycles. The summed E-state index contributed by atoms with van der Waals surface area (Å²) >= 11 is 0. The van der Waals surface area contributed by atoms with E-state index in [1.54, 1.807) is 26.0 Å². The average Bonchev–Trinajstić information content (AvgIpc) is 3.60. The summed E-state index contributed by atoms with van der Waals surface area (Å²) in [4.78, 5) is 75.9. The molecule has 0 radical (unpaired) electrons. The molecule has 0 aromatic heterocycles. The molecule has 12 nitrogen and oxygen atoms in total. The zero-order chi connectivity index (χ0) is 46.6. The molecule has 12 heteroatoms. The Bertz CT molecular complexity index is 1830. The van der Waals surface area contributed by atoms with Crippen LogP contribution in [0.5, 0.6) is 5.75 Å². The van der Waals surface area contributed by atoms with Crippen molar-refractivity contribution in [2.24, 2.45) is 46.3 Å². The molecule has 64 heavy (non-hydrogen) atoms. The predicted octanol–water partition coefficient (Wildman–Crippen LogP) is 10.6. The van der Waals surface area contributed by atoms with E-state index >= 15 is 0 Å². The molecule has 1 aromatic carbocycles. The van der Waals surface area contributed by atoms with Gasteiger partial charge in [-0.3, -0.25) is 24.0 Å². The highest BCUT2D eigenvalue weighted by atomic mass is 16.7. The van der Waals surface area contributed by atoms with Crippen molar-refractivity contribution in [3.8, 4) is 5.75 Å². The van der Waals surface area contributed by atoms with Gasteiger partial charge in [-0.25, -0.2) is 4.79 Å². The van der Waals surface area contributed by atoms with Crippen LogP contribution in [0.2, 0.25) is 0 Å². The molecule has 0 amide bonds. The Morgan fingerprint density at radius 2 is 1.31 bits per heavy atom. The van der Waals surface area contributed by atoms with Crippen LogP contribution in [0.15, 0.2) is 36.4 Å². The van der Waals surface area contributed by atoms with Crippen LogP contribution >= 0.6 is 0 Å². The molecule has 4 saturated carbocycles. The van der Waals surface area contributed by atoms with Crippen LogP contribution in [0.4, 0.5) is 4.79 Å². The van der Waals surface area contributed by atoms with E-state index in [0.717, 1.165) is 56.9 Å². The van der Waals surface area contributed by atoms with Gasteiger partial charge in [-0.2, -0.15) is 0 Å². The topological polar surface area (TPSA) is 158 Å². The molecule has 4 fully saturated rings. The summed E-state index contributed by atoms with van der Waals surface area (Å²) in [5.74, 6) is 0.828. The average molecular weight is 891 g/mol. The zero-order valence-electron chi connectivity index (χ0n) is 39.7. The first kappa shape index (κ1) is 50.5. The predicted molar refractivity (Wildman–Crippen MR) is 241 cm³/mol. The zero-order valence-corrected chi connectivity index (χ0v) is 39.7. The smallest absolute Gasteiger partial charge is 0.461 e. The molecular weight excluding hydrogens is 817 g/mol. The summed E-state index contributed by atoms with van der Waals surface area (Å²) < 4.78 is 33.4. The number of ketones is 1. The van der Waals surface area contributed by atoms with Crippen molar-refractivity contribution in [2.45, 2.75) is 171 Å². The fraction of sp³-hybridized carbons (Fsp3) is 0.692. The van der Waals surface area contributed by atoms with Crippen molar-refractivity contribution in [1.29, 1.82) is 0 Å². The van der Waals surface area contributed by atoms with Crippen LogP contribution in [0.25, 0.3) is 0 Å². The second-order valence-corrected chi connectivity index (χ2v) is 19.7. The number of ether oxygens (including phenoxy) is 6. The normalized spacial score (nSPS) is 27.8. The van der Waals surface area contributed by atoms with Crippen LogP contribution in [0.3, 0.4) is 0 Å². The van der Waals surface area contributed by atoms with Gasteiger partial charge in [0, 0.05) is 18.8 Å². The van der Waals surface area contributed by atoms with E-state index in [-0.39, 0.29) is 68.4 Å². The Morgan fingerprint density at radius 1 is 0.719 bits per heavy atom. The Hall–Kier alpha value is -4.48. The summed E-state index contributed by atoms with van der Waals surface area (Å²) in [5, 5.41) is 0. The third-order valence-corrected chi connectivity index (χ3v) is 15.0. The van der Waals surface area contributed by atoms with E-state index in [0.29, 0.717) is 46.3 Å². The van der Waals surface area contributed by atoms with Gasteiger partial charge in [0.05, 0.1) is 12.8 Å². The monoisotopic (exact) mass is 891 g/mol. The van der Waals surface area contributed by atoms with Gasteiger partial charge in [0.1, 0.15) is 37.5 Å². The molecule has 354 valence electrons. The van der Waals surface area contributed by atoms with Gasteiger partial charge in [-0.1, -0.05) is 58.9 Å². The number of benzene rings is 1. The standard InChI is InChI=1S/C52H74O12/c1-9-11-13-15-45(54)59-31-40(32-60-46(55)16-14-12-10-2)62-47(56)25-33(3)26-48(57)64-49-34(4)27-37(28-35(49)5)30-61-50(58)63-39-21-23-51(7)38(29-39)17-18-41-43-20-19-42(36(6)53)52(43,8)24-22-44(41)51/h11-14,27-28,33,38-44H,9-10,15-26,29-32H2,1-8H3/b13-11-,14-12-/t33?,38-,39+,41-,42+,43-,44-,51-,52+/m0/s1. The van der Waals surface area contributed by atoms with Crippen LogP contribution in [0, 0.1) is 60.2 Å². The van der Waals surface area contributed by atoms with Gasteiger partial charge in [0.25, 0.3) is 0 Å². The second kappa shape index (κ2) is 23.1. The number of carbonyl (C=O) groups excluding carboxylic acids is 6. The summed E-state index contributed by atoms with van der Waals surface area (Å²) in [6.07, 6.45) is 16.3. The third-order valence-electron chi connectivity index (χ3n) is 15.0. The molecule has 0 spiro atoms. The van der Waals surface area contributed by atoms with Crippen LogP contribution in [-0.4, -0.2) is 61.2 Å². The molecule has 0 aliphatic heterocycles. The molecule has 0 saturated heterocycles. The number of hydrogen-bond acceptors (Lipinski definition) is 12. The minimum atomic E-state index is -1.02. The van der Waals surface area contributed by atoms with Crippen molar-refractivity contribution in [3.63, 3.8) is 0 Å². The number of aryl methyl sites for hydroxylation is 2. The molecule has 9 atom stereocenters. The summed E-state index contributed by atoms with van der Waals surface area (Å²) in [5.41, 5.74) is 2.49. The van der Waals surface area contributed by atoms with E-state index in [1.807, 2.05) is 52.0 Å². The number of hydrogen-bond donors (Lipinski definition) is 0. The lowest BCUT2D eigenvalue weighted by molar-refractivity contribution is -0.167. The van der Waals surface area contributed by atoms with Gasteiger partial charge in [-0.15, -0.1) is 0 Å². The molecular formula is C52H74O12. The Labute approximate surface area is 380 Å². The van der Waals surface area contributed by atoms with E-state index in [1.165, 1.54) is 19.3 Å². The lowest BCUT2D eigenvalue weighted by Crippen LogP contribution is -2.54. The fourth-order valence-electron chi connectivity index (χ4n) is 11.9. The highest BCUT2D eigenvalue weighted by Crippen LogP contribution is 2.67. The number of rotatable bonds is 20. The maximum atomic E-state index is 13.1. The molecule has 5 rings (SSSR count). The van der Waals surface area contributed by atoms with E-state index in [9.17, 15) is 28.8 Å². The molecule has 1 unspecified atom stereocenters. The highest BCUT2D eigenvalue weighted by molar-refractivity contribution is 5.79. The van der Waals surface area contributed by atoms with Gasteiger partial charge in [-0.05, 0) is 161 Å². The van der Waals surface area contributed by atoms with Gasteiger partial charge < -0.3 is 28.4 Å². The maximum Gasteiger partial charge on any atom is 0.508 e. The van der Waals surface area contributed by atoms with E-state index in [2.05, 4.69) is 13.8 Å². The molecule has 4 aliphatic carbocycles. The highest BCUT2D eigenvalue weighted by Gasteiger charge is 2.61. The third kappa shape index (κ3) is 13.1. The van der Waals surface area contributed by atoms with E-state index in [4.69, 9.17) is 28.4 Å². The number of carbonyl (C=O) groups is 6. The van der Waals surface area contributed by atoms with Crippen molar-refractivity contribution in [3.05, 3.63) is 53.1 Å². The quantitative estimate of drug-likeness (QED) is 0.0529. The van der Waals surface area contributed by atoms with Crippen molar-refractivity contribution >= 4 is 35.8 Å². The molecule has 0 N–H and O–H groups in total. The summed E-state index contributed by atoms with van der Waals surface area (Å²) in [6, 6.07) is 3.62. The summed E-state index contributed by atoms with van der Waals surface area (Å²) in [7, 11) is 0. The maximum absolute atomic E-state index is 13.1. The minimum Gasteiger partial charge on any atom is -0.461 e. The fourth-order valence-corrected chi connectivity index (χ4v) is 11.9. The largest absolute Gasteiger partial charge is 0.508 e. The SMILES string of the molecule is CC/C=C\CC(=O)OCC(COC(=O)C/C=C\CC)OC(=O)CC(C)CC(=O)Oc1c(C)cc(COC(=O)O[C@@H]2CC[C@@]3(C)[C@@H](CC[C@@H]4[C@@H]3CC[C@]3(C)[C@@H](C(C)=O)CC[C@@H]43)C2)cc1C. The molecule has 1 aromatic rings. The number of esters is 4. The number of fused-ring (bicyclic) bond motifs is 5. The van der Waals surface area contributed by atoms with Crippen LogP contribution < -0.4 is 4.74 Å². The minimum absolute atomic E-state index is 0.0120. The van der Waals surface area contributed by atoms with Gasteiger partial charge in [0.15, 0.2) is 6.10 Å². The first-order valence-corrected chi connectivity index (χ1v) is 23.9. The molecule has 0 bridgehead atoms. The summed E-state index contributed by atoms with van der Waals surface area (Å²) in [6.45, 7) is 15.4. The number of allylic oxidation sites excluding steroid dienone is 2. The second-order valence-electron chi connectivity index (χ2n) is 19.7. The Balaban J connectivity index is 1.05. The van der Waals surface area contributed by atoms with Gasteiger partial charge in [0.2, 0.25) is 0 Å². The molecule has 4 aliphatic rings. The first-order valence-electron chi connectivity index (χ1n) is 23.9. The van der Waals surface area contributed by atoms with E-state index < -0.39 is 42.1 Å². The number of Topliss-reactive ketones (excluding diaryl/α,β-unsaturated/α-hetero) is 1. The van der Waals surface area contributed by atoms with Crippen molar-refractivity contribution in [2.75, 3.05) is 13.2 Å². The first-order chi connectivity index (χ1) is 30.5. The lowest BCUT2D eigenvalue weighted by Gasteiger charge is -2.61. The Morgan fingerprint density at radius 3 is 1.92 bits per heavy atom. The lowest BCUT2D eigenvalue weighted by atomic mass is 9.44.